The van der Waals surface area contributed by atoms with E-state index in [1.54, 1.807) is 12.1 Å². The fourth-order valence-electron chi connectivity index (χ4n) is 2.76. The monoisotopic (exact) mass is 424 g/mol. The van der Waals surface area contributed by atoms with E-state index < -0.39 is 10.0 Å². The molecular weight excluding hydrogens is 404 g/mol. The van der Waals surface area contributed by atoms with E-state index in [1.165, 1.54) is 28.6 Å². The second-order valence-corrected chi connectivity index (χ2v) is 8.63. The topological polar surface area (TPSA) is 84.9 Å². The molecule has 0 bridgehead atoms. The van der Waals surface area contributed by atoms with Crippen LogP contribution < -0.4 is 14.8 Å². The van der Waals surface area contributed by atoms with Crippen molar-refractivity contribution in [2.45, 2.75) is 24.8 Å². The van der Waals surface area contributed by atoms with E-state index in [4.69, 9.17) is 21.1 Å². The average molecular weight is 425 g/mol. The number of nitrogens with one attached hydrogen (secondary N) is 1. The fraction of sp³-hybridized carbons (Fsp3) is 0.316. The van der Waals surface area contributed by atoms with Crippen LogP contribution in [0.25, 0.3) is 0 Å². The van der Waals surface area contributed by atoms with Gasteiger partial charge in [-0.15, -0.1) is 0 Å². The third-order valence-electron chi connectivity index (χ3n) is 4.17. The lowest BCUT2D eigenvalue weighted by molar-refractivity contribution is -0.121. The summed E-state index contributed by atoms with van der Waals surface area (Å²) in [6, 6.07) is 11.3. The number of carbonyl (C=O) groups excluding carboxylic acids is 1. The maximum absolute atomic E-state index is 12.8. The van der Waals surface area contributed by atoms with Gasteiger partial charge in [0.1, 0.15) is 0 Å². The zero-order valence-corrected chi connectivity index (χ0v) is 16.9. The van der Waals surface area contributed by atoms with Crippen LogP contribution in [0.15, 0.2) is 47.4 Å². The van der Waals surface area contributed by atoms with Crippen molar-refractivity contribution in [2.75, 3.05) is 19.9 Å². The van der Waals surface area contributed by atoms with E-state index in [0.717, 1.165) is 5.56 Å². The Kier molecular flexibility index (Phi) is 6.43. The molecule has 0 aliphatic carbocycles. The van der Waals surface area contributed by atoms with Crippen molar-refractivity contribution in [3.63, 3.8) is 0 Å². The van der Waals surface area contributed by atoms with Gasteiger partial charge in [0.15, 0.2) is 11.5 Å². The van der Waals surface area contributed by atoms with Gasteiger partial charge in [-0.25, -0.2) is 8.42 Å². The molecular formula is C19H21ClN2O5S. The van der Waals surface area contributed by atoms with Crippen LogP contribution in [0.3, 0.4) is 0 Å². The molecule has 1 N–H and O–H groups in total. The van der Waals surface area contributed by atoms with Crippen LogP contribution in [-0.2, 0) is 21.4 Å². The average Bonchev–Trinajstić information content (AvgIpc) is 3.14. The molecule has 0 saturated heterocycles. The normalized spacial score (nSPS) is 13.0. The highest BCUT2D eigenvalue weighted by atomic mass is 35.5. The zero-order valence-electron chi connectivity index (χ0n) is 15.4. The summed E-state index contributed by atoms with van der Waals surface area (Å²) in [7, 11) is -3.79. The second-order valence-electron chi connectivity index (χ2n) is 6.26. The maximum Gasteiger partial charge on any atom is 0.243 e. The molecule has 1 aliphatic heterocycles. The predicted molar refractivity (Wildman–Crippen MR) is 105 cm³/mol. The van der Waals surface area contributed by atoms with Gasteiger partial charge < -0.3 is 14.8 Å². The molecule has 2 aromatic rings. The van der Waals surface area contributed by atoms with Gasteiger partial charge in [0.05, 0.1) is 11.4 Å². The van der Waals surface area contributed by atoms with Gasteiger partial charge in [0.2, 0.25) is 22.7 Å². The lowest BCUT2D eigenvalue weighted by Gasteiger charge is -2.21. The third-order valence-corrected chi connectivity index (χ3v) is 6.28. The molecule has 0 radical (unpaired) electrons. The number of halogens is 1. The van der Waals surface area contributed by atoms with Gasteiger partial charge in [0.25, 0.3) is 0 Å². The first-order valence-corrected chi connectivity index (χ1v) is 10.6. The van der Waals surface area contributed by atoms with E-state index >= 15 is 0 Å². The predicted octanol–water partition coefficient (Wildman–Crippen LogP) is 2.79. The molecule has 0 fully saturated rings. The summed E-state index contributed by atoms with van der Waals surface area (Å²) in [5.74, 6) is 0.909. The van der Waals surface area contributed by atoms with E-state index in [-0.39, 0.29) is 37.2 Å². The highest BCUT2D eigenvalue weighted by Gasteiger charge is 2.26. The van der Waals surface area contributed by atoms with Crippen molar-refractivity contribution in [1.29, 1.82) is 0 Å². The molecule has 9 heteroatoms. The minimum atomic E-state index is -3.79. The molecule has 0 atom stereocenters. The van der Waals surface area contributed by atoms with Crippen molar-refractivity contribution in [3.05, 3.63) is 53.1 Å². The molecule has 0 unspecified atom stereocenters. The SMILES string of the molecule is CCCN(CC(=O)NCc1ccc2c(c1)OCO2)S(=O)(=O)c1ccc(Cl)cc1. The van der Waals surface area contributed by atoms with Crippen molar-refractivity contribution < 1.29 is 22.7 Å². The molecule has 2 aromatic carbocycles. The summed E-state index contributed by atoms with van der Waals surface area (Å²) >= 11 is 5.83. The smallest absolute Gasteiger partial charge is 0.243 e. The molecule has 3 rings (SSSR count). The number of carbonyl (C=O) groups is 1. The largest absolute Gasteiger partial charge is 0.454 e. The van der Waals surface area contributed by atoms with Crippen molar-refractivity contribution in [2.24, 2.45) is 0 Å². The fourth-order valence-corrected chi connectivity index (χ4v) is 4.37. The molecule has 0 saturated carbocycles. The second kappa shape index (κ2) is 8.81. The first-order valence-electron chi connectivity index (χ1n) is 8.81. The first kappa shape index (κ1) is 20.4. The Hall–Kier alpha value is -2.29. The molecule has 1 heterocycles. The first-order chi connectivity index (χ1) is 13.4. The van der Waals surface area contributed by atoms with Crippen molar-refractivity contribution in [3.8, 4) is 11.5 Å². The molecule has 28 heavy (non-hydrogen) atoms. The highest BCUT2D eigenvalue weighted by Crippen LogP contribution is 2.32. The van der Waals surface area contributed by atoms with Gasteiger partial charge in [-0.2, -0.15) is 4.31 Å². The van der Waals surface area contributed by atoms with Gasteiger partial charge in [-0.3, -0.25) is 4.79 Å². The van der Waals surface area contributed by atoms with Crippen LogP contribution in [0.4, 0.5) is 0 Å². The summed E-state index contributed by atoms with van der Waals surface area (Å²) in [4.78, 5) is 12.5. The summed E-state index contributed by atoms with van der Waals surface area (Å²) in [5, 5.41) is 3.20. The summed E-state index contributed by atoms with van der Waals surface area (Å²) in [6.45, 7) is 2.27. The number of hydrogen-bond acceptors (Lipinski definition) is 5. The van der Waals surface area contributed by atoms with Crippen LogP contribution in [0, 0.1) is 0 Å². The Morgan fingerprint density at radius 2 is 1.86 bits per heavy atom. The number of fused-ring (bicyclic) bond motifs is 1. The number of amides is 1. The lowest BCUT2D eigenvalue weighted by Crippen LogP contribution is -2.40. The number of sulfonamides is 1. The maximum atomic E-state index is 12.8. The molecule has 150 valence electrons. The van der Waals surface area contributed by atoms with E-state index in [1.807, 2.05) is 13.0 Å². The van der Waals surface area contributed by atoms with Crippen molar-refractivity contribution in [1.82, 2.24) is 9.62 Å². The van der Waals surface area contributed by atoms with Crippen LogP contribution in [0.2, 0.25) is 5.02 Å². The Morgan fingerprint density at radius 1 is 1.14 bits per heavy atom. The van der Waals surface area contributed by atoms with Crippen LogP contribution in [-0.4, -0.2) is 38.5 Å². The number of hydrogen-bond donors (Lipinski definition) is 1. The van der Waals surface area contributed by atoms with E-state index in [9.17, 15) is 13.2 Å². The number of rotatable bonds is 8. The van der Waals surface area contributed by atoms with Gasteiger partial charge >= 0.3 is 0 Å². The zero-order chi connectivity index (χ0) is 20.1. The Labute approximate surface area is 169 Å². The number of nitrogens with zero attached hydrogens (tertiary/aromatic N) is 1. The van der Waals surface area contributed by atoms with Gasteiger partial charge in [0, 0.05) is 18.1 Å². The molecule has 0 spiro atoms. The molecule has 0 aromatic heterocycles. The summed E-state index contributed by atoms with van der Waals surface area (Å²) in [6.07, 6.45) is 0.586. The minimum Gasteiger partial charge on any atom is -0.454 e. The van der Waals surface area contributed by atoms with Crippen molar-refractivity contribution >= 4 is 27.5 Å². The molecule has 1 amide bonds. The Balaban J connectivity index is 1.64. The van der Waals surface area contributed by atoms with E-state index in [0.29, 0.717) is 22.9 Å². The number of benzene rings is 2. The minimum absolute atomic E-state index is 0.105. The van der Waals surface area contributed by atoms with Crippen LogP contribution >= 0.6 is 11.6 Å². The van der Waals surface area contributed by atoms with Crippen LogP contribution in [0.1, 0.15) is 18.9 Å². The third kappa shape index (κ3) is 4.76. The number of ether oxygens (including phenoxy) is 2. The van der Waals surface area contributed by atoms with E-state index in [2.05, 4.69) is 5.32 Å². The Bertz CT molecular complexity index is 947. The highest BCUT2D eigenvalue weighted by molar-refractivity contribution is 7.89. The summed E-state index contributed by atoms with van der Waals surface area (Å²) < 4.78 is 37.4. The lowest BCUT2D eigenvalue weighted by atomic mass is 10.2. The van der Waals surface area contributed by atoms with Gasteiger partial charge in [-0.05, 0) is 48.4 Å². The molecule has 7 nitrogen and oxygen atoms in total. The standard InChI is InChI=1S/C19H21ClN2O5S/c1-2-9-22(28(24,25)16-6-4-15(20)5-7-16)12-19(23)21-11-14-3-8-17-18(10-14)27-13-26-17/h3-8,10H,2,9,11-13H2,1H3,(H,21,23). The van der Waals surface area contributed by atoms with Gasteiger partial charge in [-0.1, -0.05) is 24.6 Å². The quantitative estimate of drug-likeness (QED) is 0.704. The Morgan fingerprint density at radius 3 is 2.57 bits per heavy atom. The van der Waals surface area contributed by atoms with Crippen LogP contribution in [0.5, 0.6) is 11.5 Å². The summed E-state index contributed by atoms with van der Waals surface area (Å²) in [5.41, 5.74) is 0.834. The molecule has 1 aliphatic rings.